The fourth-order valence-corrected chi connectivity index (χ4v) is 1.60. The summed E-state index contributed by atoms with van der Waals surface area (Å²) in [5.74, 6) is 0.955. The van der Waals surface area contributed by atoms with Gasteiger partial charge in [-0.1, -0.05) is 6.92 Å². The van der Waals surface area contributed by atoms with Gasteiger partial charge >= 0.3 is 0 Å². The molecular weight excluding hydrogens is 138 g/mol. The number of hydrogen-bond donors (Lipinski definition) is 0. The number of nitrogens with zero attached hydrogens (tertiary/aromatic N) is 1. The molecule has 64 valence electrons. The lowest BCUT2D eigenvalue weighted by molar-refractivity contribution is -0.124. The van der Waals surface area contributed by atoms with E-state index in [1.54, 1.807) is 0 Å². The van der Waals surface area contributed by atoms with Crippen molar-refractivity contribution in [2.45, 2.75) is 33.2 Å². The summed E-state index contributed by atoms with van der Waals surface area (Å²) in [5.41, 5.74) is 0. The summed E-state index contributed by atoms with van der Waals surface area (Å²) in [6, 6.07) is 0.515. The van der Waals surface area contributed by atoms with Gasteiger partial charge in [0.05, 0.1) is 6.54 Å². The van der Waals surface area contributed by atoms with Crippen LogP contribution in [0, 0.1) is 5.92 Å². The SMILES string of the molecule is CC(C)N1CC(=O)C[C@H](C)C1. The molecule has 0 saturated carbocycles. The van der Waals surface area contributed by atoms with Gasteiger partial charge in [0.25, 0.3) is 0 Å². The first-order valence-electron chi connectivity index (χ1n) is 4.35. The average molecular weight is 155 g/mol. The maximum atomic E-state index is 11.1. The summed E-state index contributed by atoms with van der Waals surface area (Å²) in [6.45, 7) is 8.19. The van der Waals surface area contributed by atoms with Gasteiger partial charge in [0.1, 0.15) is 5.78 Å². The zero-order valence-corrected chi connectivity index (χ0v) is 7.63. The third kappa shape index (κ3) is 2.29. The van der Waals surface area contributed by atoms with Crippen LogP contribution in [0.4, 0.5) is 0 Å². The Bertz CT molecular complexity index is 154. The van der Waals surface area contributed by atoms with Crippen LogP contribution in [0.25, 0.3) is 0 Å². The molecule has 1 rings (SSSR count). The highest BCUT2D eigenvalue weighted by Gasteiger charge is 2.23. The van der Waals surface area contributed by atoms with Crippen molar-refractivity contribution in [3.05, 3.63) is 0 Å². The third-order valence-electron chi connectivity index (χ3n) is 2.23. The largest absolute Gasteiger partial charge is 0.298 e. The van der Waals surface area contributed by atoms with Gasteiger partial charge in [0.15, 0.2) is 0 Å². The number of piperidine rings is 1. The normalized spacial score (nSPS) is 28.0. The van der Waals surface area contributed by atoms with Crippen LogP contribution in [0.2, 0.25) is 0 Å². The van der Waals surface area contributed by atoms with Gasteiger partial charge in [-0.2, -0.15) is 0 Å². The van der Waals surface area contributed by atoms with Gasteiger partial charge in [-0.3, -0.25) is 9.69 Å². The van der Waals surface area contributed by atoms with Crippen LogP contribution in [0.3, 0.4) is 0 Å². The minimum absolute atomic E-state index is 0.400. The van der Waals surface area contributed by atoms with E-state index in [2.05, 4.69) is 25.7 Å². The maximum Gasteiger partial charge on any atom is 0.147 e. The standard InChI is InChI=1S/C9H17NO/c1-7(2)10-5-8(3)4-9(11)6-10/h7-8H,4-6H2,1-3H3/t8-/m0/s1. The van der Waals surface area contributed by atoms with E-state index >= 15 is 0 Å². The third-order valence-corrected chi connectivity index (χ3v) is 2.23. The van der Waals surface area contributed by atoms with Crippen LogP contribution in [-0.4, -0.2) is 29.8 Å². The minimum Gasteiger partial charge on any atom is -0.298 e. The topological polar surface area (TPSA) is 20.3 Å². The van der Waals surface area contributed by atoms with Gasteiger partial charge in [-0.25, -0.2) is 0 Å². The molecule has 2 heteroatoms. The number of ketones is 1. The molecule has 2 nitrogen and oxygen atoms in total. The first-order chi connectivity index (χ1) is 5.09. The molecule has 1 saturated heterocycles. The second kappa shape index (κ2) is 3.35. The lowest BCUT2D eigenvalue weighted by atomic mass is 9.98. The molecule has 0 unspecified atom stereocenters. The summed E-state index contributed by atoms with van der Waals surface area (Å²) in [7, 11) is 0. The first kappa shape index (κ1) is 8.72. The lowest BCUT2D eigenvalue weighted by Crippen LogP contribution is -2.43. The molecule has 0 radical (unpaired) electrons. The average Bonchev–Trinajstić information content (AvgIpc) is 1.85. The maximum absolute atomic E-state index is 11.1. The fourth-order valence-electron chi connectivity index (χ4n) is 1.60. The van der Waals surface area contributed by atoms with Gasteiger partial charge in [-0.15, -0.1) is 0 Å². The highest BCUT2D eigenvalue weighted by atomic mass is 16.1. The predicted octanol–water partition coefficient (Wildman–Crippen LogP) is 1.31. The van der Waals surface area contributed by atoms with Crippen molar-refractivity contribution in [1.29, 1.82) is 0 Å². The van der Waals surface area contributed by atoms with Crippen LogP contribution >= 0.6 is 0 Å². The Labute approximate surface area is 68.6 Å². The molecule has 0 aromatic carbocycles. The molecule has 1 aliphatic rings. The van der Waals surface area contributed by atoms with Crippen molar-refractivity contribution in [3.8, 4) is 0 Å². The Morgan fingerprint density at radius 2 is 2.18 bits per heavy atom. The number of likely N-dealkylation sites (tertiary alicyclic amines) is 1. The molecular formula is C9H17NO. The van der Waals surface area contributed by atoms with E-state index in [9.17, 15) is 4.79 Å². The molecule has 0 amide bonds. The number of carbonyl (C=O) groups excluding carboxylic acids is 1. The van der Waals surface area contributed by atoms with Gasteiger partial charge < -0.3 is 0 Å². The highest BCUT2D eigenvalue weighted by Crippen LogP contribution is 2.14. The molecule has 1 fully saturated rings. The zero-order chi connectivity index (χ0) is 8.43. The monoisotopic (exact) mass is 155 g/mol. The van der Waals surface area contributed by atoms with Crippen LogP contribution < -0.4 is 0 Å². The molecule has 1 aliphatic heterocycles. The van der Waals surface area contributed by atoms with E-state index in [0.717, 1.165) is 13.0 Å². The van der Waals surface area contributed by atoms with E-state index in [0.29, 0.717) is 24.3 Å². The predicted molar refractivity (Wildman–Crippen MR) is 45.5 cm³/mol. The number of Topliss-reactive ketones (excluding diaryl/α,β-unsaturated/α-hetero) is 1. The molecule has 0 aromatic rings. The summed E-state index contributed by atoms with van der Waals surface area (Å²) in [6.07, 6.45) is 0.781. The van der Waals surface area contributed by atoms with Crippen LogP contribution in [0.15, 0.2) is 0 Å². The molecule has 0 N–H and O–H groups in total. The Morgan fingerprint density at radius 3 is 2.64 bits per heavy atom. The first-order valence-corrected chi connectivity index (χ1v) is 4.35. The van der Waals surface area contributed by atoms with Crippen LogP contribution in [0.1, 0.15) is 27.2 Å². The summed E-state index contributed by atoms with van der Waals surface area (Å²) < 4.78 is 0. The van der Waals surface area contributed by atoms with Gasteiger partial charge in [0.2, 0.25) is 0 Å². The molecule has 0 bridgehead atoms. The summed E-state index contributed by atoms with van der Waals surface area (Å²) in [4.78, 5) is 13.4. The quantitative estimate of drug-likeness (QED) is 0.569. The van der Waals surface area contributed by atoms with Crippen molar-refractivity contribution in [2.75, 3.05) is 13.1 Å². The molecule has 0 spiro atoms. The van der Waals surface area contributed by atoms with E-state index < -0.39 is 0 Å². The van der Waals surface area contributed by atoms with E-state index in [1.165, 1.54) is 0 Å². The number of rotatable bonds is 1. The van der Waals surface area contributed by atoms with Crippen molar-refractivity contribution in [1.82, 2.24) is 4.90 Å². The van der Waals surface area contributed by atoms with Crippen molar-refractivity contribution in [2.24, 2.45) is 5.92 Å². The molecule has 0 aliphatic carbocycles. The highest BCUT2D eigenvalue weighted by molar-refractivity contribution is 5.81. The van der Waals surface area contributed by atoms with Gasteiger partial charge in [-0.05, 0) is 19.8 Å². The Hall–Kier alpha value is -0.370. The van der Waals surface area contributed by atoms with E-state index in [-0.39, 0.29) is 0 Å². The summed E-state index contributed by atoms with van der Waals surface area (Å²) in [5, 5.41) is 0. The molecule has 0 aromatic heterocycles. The van der Waals surface area contributed by atoms with Crippen LogP contribution in [0.5, 0.6) is 0 Å². The fraction of sp³-hybridized carbons (Fsp3) is 0.889. The van der Waals surface area contributed by atoms with E-state index in [4.69, 9.17) is 0 Å². The molecule has 1 atom stereocenters. The second-order valence-corrected chi connectivity index (χ2v) is 3.87. The second-order valence-electron chi connectivity index (χ2n) is 3.87. The summed E-state index contributed by atoms with van der Waals surface area (Å²) >= 11 is 0. The zero-order valence-electron chi connectivity index (χ0n) is 7.63. The Balaban J connectivity index is 2.49. The van der Waals surface area contributed by atoms with Crippen molar-refractivity contribution >= 4 is 5.78 Å². The molecule has 11 heavy (non-hydrogen) atoms. The Morgan fingerprint density at radius 1 is 1.55 bits per heavy atom. The number of hydrogen-bond acceptors (Lipinski definition) is 2. The smallest absolute Gasteiger partial charge is 0.147 e. The van der Waals surface area contributed by atoms with Gasteiger partial charge in [0, 0.05) is 19.0 Å². The molecule has 1 heterocycles. The van der Waals surface area contributed by atoms with Crippen molar-refractivity contribution in [3.63, 3.8) is 0 Å². The van der Waals surface area contributed by atoms with E-state index in [1.807, 2.05) is 0 Å². The van der Waals surface area contributed by atoms with Crippen LogP contribution in [-0.2, 0) is 4.79 Å². The lowest BCUT2D eigenvalue weighted by Gasteiger charge is -2.32. The van der Waals surface area contributed by atoms with Crippen molar-refractivity contribution < 1.29 is 4.79 Å². The number of carbonyl (C=O) groups is 1. The minimum atomic E-state index is 0.400. The Kier molecular flexibility index (Phi) is 2.66.